The highest BCUT2D eigenvalue weighted by atomic mass is 35.5. The van der Waals surface area contributed by atoms with E-state index in [4.69, 9.17) is 11.6 Å². The van der Waals surface area contributed by atoms with E-state index in [9.17, 15) is 9.59 Å². The Balaban J connectivity index is 2.16. The summed E-state index contributed by atoms with van der Waals surface area (Å²) in [6.45, 7) is 6.34. The van der Waals surface area contributed by atoms with E-state index in [1.165, 1.54) is 0 Å². The normalized spacial score (nSPS) is 15.8. The van der Waals surface area contributed by atoms with E-state index in [1.54, 1.807) is 0 Å². The molecule has 1 aromatic rings. The van der Waals surface area contributed by atoms with Crippen LogP contribution in [0.1, 0.15) is 38.7 Å². The van der Waals surface area contributed by atoms with Gasteiger partial charge in [0.2, 0.25) is 11.8 Å². The summed E-state index contributed by atoms with van der Waals surface area (Å²) in [7, 11) is 0. The molecule has 0 saturated carbocycles. The fourth-order valence-corrected chi connectivity index (χ4v) is 2.58. The van der Waals surface area contributed by atoms with Gasteiger partial charge < -0.3 is 10.2 Å². The maximum atomic E-state index is 12.2. The minimum absolute atomic E-state index is 0.108. The molecule has 0 radical (unpaired) electrons. The molecule has 0 atom stereocenters. The number of benzene rings is 1. The minimum Gasteiger partial charge on any atom is -0.326 e. The van der Waals surface area contributed by atoms with Gasteiger partial charge in [0, 0.05) is 30.2 Å². The number of nitrogens with one attached hydrogen (secondary N) is 1. The Kier molecular flexibility index (Phi) is 5.12. The Hall–Kier alpha value is -1.55. The molecule has 0 aromatic heterocycles. The molecule has 120 valence electrons. The lowest BCUT2D eigenvalue weighted by atomic mass is 9.95. The van der Waals surface area contributed by atoms with E-state index in [0.717, 1.165) is 36.3 Å². The Labute approximate surface area is 136 Å². The van der Waals surface area contributed by atoms with Crippen LogP contribution in [0.2, 0.25) is 0 Å². The third-order valence-electron chi connectivity index (χ3n) is 4.02. The van der Waals surface area contributed by atoms with Crippen LogP contribution in [0.5, 0.6) is 0 Å². The fourth-order valence-electron chi connectivity index (χ4n) is 2.46. The molecular formula is C17H23ClN2O2. The standard InChI is InChI=1S/C17H23ClN2O2/c1-12-10-13(19-16(22)17(2,3)11-18)7-8-14(12)20-9-5-4-6-15(20)21/h7-8,10H,4-6,9,11H2,1-3H3,(H,19,22). The predicted molar refractivity (Wildman–Crippen MR) is 90.5 cm³/mol. The molecule has 5 heteroatoms. The molecule has 1 aliphatic heterocycles. The highest BCUT2D eigenvalue weighted by molar-refractivity contribution is 6.20. The summed E-state index contributed by atoms with van der Waals surface area (Å²) in [5, 5.41) is 2.89. The fraction of sp³-hybridized carbons (Fsp3) is 0.529. The first kappa shape index (κ1) is 16.8. The number of alkyl halides is 1. The Morgan fingerprint density at radius 2 is 2.09 bits per heavy atom. The van der Waals surface area contributed by atoms with Crippen molar-refractivity contribution >= 4 is 34.8 Å². The number of hydrogen-bond donors (Lipinski definition) is 1. The quantitative estimate of drug-likeness (QED) is 0.859. The molecule has 22 heavy (non-hydrogen) atoms. The molecule has 1 heterocycles. The molecule has 1 saturated heterocycles. The van der Waals surface area contributed by atoms with E-state index in [0.29, 0.717) is 6.42 Å². The second-order valence-electron chi connectivity index (χ2n) is 6.48. The summed E-state index contributed by atoms with van der Waals surface area (Å²) in [5.74, 6) is 0.330. The Morgan fingerprint density at radius 3 is 2.68 bits per heavy atom. The van der Waals surface area contributed by atoms with Gasteiger partial charge >= 0.3 is 0 Å². The predicted octanol–water partition coefficient (Wildman–Crippen LogP) is 3.72. The van der Waals surface area contributed by atoms with Crippen LogP contribution in [0.3, 0.4) is 0 Å². The van der Waals surface area contributed by atoms with Crippen LogP contribution in [0, 0.1) is 12.3 Å². The number of anilines is 2. The average molecular weight is 323 g/mol. The number of hydrogen-bond acceptors (Lipinski definition) is 2. The third kappa shape index (κ3) is 3.61. The second kappa shape index (κ2) is 6.69. The molecule has 1 N–H and O–H groups in total. The van der Waals surface area contributed by atoms with Gasteiger partial charge in [-0.05, 0) is 57.4 Å². The second-order valence-corrected chi connectivity index (χ2v) is 6.74. The Morgan fingerprint density at radius 1 is 1.36 bits per heavy atom. The average Bonchev–Trinajstić information content (AvgIpc) is 2.48. The Bertz CT molecular complexity index is 584. The maximum Gasteiger partial charge on any atom is 0.231 e. The largest absolute Gasteiger partial charge is 0.326 e. The number of nitrogens with zero attached hydrogens (tertiary/aromatic N) is 1. The summed E-state index contributed by atoms with van der Waals surface area (Å²) < 4.78 is 0. The number of carbonyl (C=O) groups excluding carboxylic acids is 2. The zero-order valence-electron chi connectivity index (χ0n) is 13.4. The van der Waals surface area contributed by atoms with Crippen molar-refractivity contribution in [3.05, 3.63) is 23.8 Å². The lowest BCUT2D eigenvalue weighted by Gasteiger charge is -2.28. The summed E-state index contributed by atoms with van der Waals surface area (Å²) in [6, 6.07) is 5.65. The number of piperidine rings is 1. The van der Waals surface area contributed by atoms with Crippen LogP contribution >= 0.6 is 11.6 Å². The van der Waals surface area contributed by atoms with Crippen molar-refractivity contribution < 1.29 is 9.59 Å². The van der Waals surface area contributed by atoms with E-state index >= 15 is 0 Å². The van der Waals surface area contributed by atoms with Crippen LogP contribution in [-0.2, 0) is 9.59 Å². The summed E-state index contributed by atoms with van der Waals surface area (Å²) >= 11 is 5.82. The molecular weight excluding hydrogens is 300 g/mol. The van der Waals surface area contributed by atoms with Crippen LogP contribution in [-0.4, -0.2) is 24.2 Å². The van der Waals surface area contributed by atoms with Gasteiger partial charge in [0.15, 0.2) is 0 Å². The van der Waals surface area contributed by atoms with Crippen molar-refractivity contribution in [2.24, 2.45) is 5.41 Å². The van der Waals surface area contributed by atoms with Crippen LogP contribution in [0.15, 0.2) is 18.2 Å². The van der Waals surface area contributed by atoms with Gasteiger partial charge in [-0.15, -0.1) is 11.6 Å². The molecule has 2 rings (SSSR count). The molecule has 0 spiro atoms. The van der Waals surface area contributed by atoms with E-state index < -0.39 is 5.41 Å². The number of amides is 2. The van der Waals surface area contributed by atoms with E-state index in [1.807, 2.05) is 43.9 Å². The van der Waals surface area contributed by atoms with Gasteiger partial charge in [0.05, 0.1) is 5.41 Å². The molecule has 4 nitrogen and oxygen atoms in total. The summed E-state index contributed by atoms with van der Waals surface area (Å²) in [4.78, 5) is 26.0. The van der Waals surface area contributed by atoms with Gasteiger partial charge in [0.1, 0.15) is 0 Å². The molecule has 0 bridgehead atoms. The number of aryl methyl sites for hydroxylation is 1. The smallest absolute Gasteiger partial charge is 0.231 e. The molecule has 2 amide bonds. The number of carbonyl (C=O) groups is 2. The van der Waals surface area contributed by atoms with Gasteiger partial charge in [-0.25, -0.2) is 0 Å². The van der Waals surface area contributed by atoms with Crippen molar-refractivity contribution in [1.29, 1.82) is 0 Å². The van der Waals surface area contributed by atoms with Crippen molar-refractivity contribution in [3.63, 3.8) is 0 Å². The van der Waals surface area contributed by atoms with E-state index in [-0.39, 0.29) is 17.7 Å². The van der Waals surface area contributed by atoms with Crippen molar-refractivity contribution in [1.82, 2.24) is 0 Å². The molecule has 1 fully saturated rings. The highest BCUT2D eigenvalue weighted by Crippen LogP contribution is 2.28. The van der Waals surface area contributed by atoms with Crippen LogP contribution in [0.25, 0.3) is 0 Å². The summed E-state index contributed by atoms with van der Waals surface area (Å²) in [5.41, 5.74) is 2.03. The molecule has 0 unspecified atom stereocenters. The van der Waals surface area contributed by atoms with E-state index in [2.05, 4.69) is 5.32 Å². The first-order valence-corrected chi connectivity index (χ1v) is 8.17. The number of rotatable bonds is 4. The van der Waals surface area contributed by atoms with Gasteiger partial charge in [0.25, 0.3) is 0 Å². The van der Waals surface area contributed by atoms with Crippen molar-refractivity contribution in [3.8, 4) is 0 Å². The van der Waals surface area contributed by atoms with Crippen molar-refractivity contribution in [2.45, 2.75) is 40.0 Å². The molecule has 1 aliphatic rings. The summed E-state index contributed by atoms with van der Waals surface area (Å²) in [6.07, 6.45) is 2.62. The lowest BCUT2D eigenvalue weighted by molar-refractivity contribution is -0.123. The molecule has 0 aliphatic carbocycles. The van der Waals surface area contributed by atoms with Crippen LogP contribution in [0.4, 0.5) is 11.4 Å². The highest BCUT2D eigenvalue weighted by Gasteiger charge is 2.27. The first-order valence-electron chi connectivity index (χ1n) is 7.63. The zero-order valence-corrected chi connectivity index (χ0v) is 14.2. The molecule has 1 aromatic carbocycles. The third-order valence-corrected chi connectivity index (χ3v) is 4.69. The maximum absolute atomic E-state index is 12.2. The topological polar surface area (TPSA) is 49.4 Å². The first-order chi connectivity index (χ1) is 10.3. The van der Waals surface area contributed by atoms with Gasteiger partial charge in [-0.3, -0.25) is 9.59 Å². The number of halogens is 1. The van der Waals surface area contributed by atoms with Gasteiger partial charge in [-0.2, -0.15) is 0 Å². The van der Waals surface area contributed by atoms with Crippen molar-refractivity contribution in [2.75, 3.05) is 22.6 Å². The lowest BCUT2D eigenvalue weighted by Crippen LogP contribution is -2.35. The minimum atomic E-state index is -0.614. The van der Waals surface area contributed by atoms with Gasteiger partial charge in [-0.1, -0.05) is 0 Å². The van der Waals surface area contributed by atoms with Crippen LogP contribution < -0.4 is 10.2 Å². The monoisotopic (exact) mass is 322 g/mol. The SMILES string of the molecule is Cc1cc(NC(=O)C(C)(C)CCl)ccc1N1CCCCC1=O. The zero-order chi connectivity index (χ0) is 16.3.